The molecule has 1 fully saturated rings. The smallest absolute Gasteiger partial charge is 0.213 e. The summed E-state index contributed by atoms with van der Waals surface area (Å²) in [7, 11) is 1.95. The number of hydrogen-bond acceptors (Lipinski definition) is 5. The number of aldehydes is 1. The first-order valence-corrected chi connectivity index (χ1v) is 6.58. The van der Waals surface area contributed by atoms with Gasteiger partial charge < -0.3 is 9.53 Å². The lowest BCUT2D eigenvalue weighted by atomic mass is 9.99. The zero-order valence-electron chi connectivity index (χ0n) is 11.9. The zero-order valence-corrected chi connectivity index (χ0v) is 11.9. The topological polar surface area (TPSA) is 54.5 Å². The van der Waals surface area contributed by atoms with E-state index in [4.69, 9.17) is 4.74 Å². The van der Waals surface area contributed by atoms with Crippen LogP contribution in [0.4, 0.5) is 0 Å². The van der Waals surface area contributed by atoms with Crippen LogP contribution in [0.25, 0.3) is 0 Å². The van der Waals surface area contributed by atoms with Gasteiger partial charge in [-0.2, -0.15) is 0 Å². The van der Waals surface area contributed by atoms with E-state index in [1.165, 1.54) is 0 Å². The van der Waals surface area contributed by atoms with Crippen molar-refractivity contribution in [1.82, 2.24) is 15.4 Å². The van der Waals surface area contributed by atoms with Gasteiger partial charge in [0.05, 0.1) is 18.2 Å². The minimum Gasteiger partial charge on any atom is -0.475 e. The van der Waals surface area contributed by atoms with Crippen molar-refractivity contribution in [2.75, 3.05) is 7.05 Å². The van der Waals surface area contributed by atoms with Gasteiger partial charge in [0, 0.05) is 19.3 Å². The highest BCUT2D eigenvalue weighted by Crippen LogP contribution is 2.31. The molecule has 0 spiro atoms. The summed E-state index contributed by atoms with van der Waals surface area (Å²) in [6, 6.07) is 2.02. The van der Waals surface area contributed by atoms with Crippen molar-refractivity contribution in [2.24, 2.45) is 0 Å². The summed E-state index contributed by atoms with van der Waals surface area (Å²) in [4.78, 5) is 15.2. The molecule has 1 aromatic rings. The van der Waals surface area contributed by atoms with Crippen molar-refractivity contribution >= 4 is 6.29 Å². The van der Waals surface area contributed by atoms with Gasteiger partial charge in [-0.3, -0.25) is 0 Å². The van der Waals surface area contributed by atoms with Gasteiger partial charge in [-0.15, -0.1) is 0 Å². The first-order valence-electron chi connectivity index (χ1n) is 6.58. The molecule has 0 saturated carbocycles. The Labute approximate surface area is 113 Å². The Morgan fingerprint density at radius 3 is 2.84 bits per heavy atom. The summed E-state index contributed by atoms with van der Waals surface area (Å²) in [6.45, 7) is 6.01. The first kappa shape index (κ1) is 14.0. The van der Waals surface area contributed by atoms with Crippen LogP contribution < -0.4 is 10.2 Å². The van der Waals surface area contributed by atoms with Crippen molar-refractivity contribution in [3.8, 4) is 5.88 Å². The minimum atomic E-state index is -0.110. The molecule has 1 aromatic heterocycles. The van der Waals surface area contributed by atoms with E-state index in [9.17, 15) is 4.79 Å². The molecule has 0 bridgehead atoms. The average molecular weight is 263 g/mol. The molecular weight excluding hydrogens is 242 g/mol. The Kier molecular flexibility index (Phi) is 4.17. The average Bonchev–Trinajstić information content (AvgIpc) is 2.70. The van der Waals surface area contributed by atoms with Gasteiger partial charge >= 0.3 is 0 Å². The molecule has 1 aliphatic rings. The molecule has 2 atom stereocenters. The largest absolute Gasteiger partial charge is 0.475 e. The predicted molar refractivity (Wildman–Crippen MR) is 72.8 cm³/mol. The Morgan fingerprint density at radius 2 is 2.32 bits per heavy atom. The Hall–Kier alpha value is -1.46. The molecule has 104 valence electrons. The minimum absolute atomic E-state index is 0.110. The van der Waals surface area contributed by atoms with Crippen molar-refractivity contribution < 1.29 is 9.53 Å². The lowest BCUT2D eigenvalue weighted by Gasteiger charge is -2.21. The first-order chi connectivity index (χ1) is 9.01. The number of nitrogens with one attached hydrogen (secondary N) is 1. The SMILES string of the molecule is Cc1cc(OC(C)C)ncc1C1CC(C=O)NN1C. The number of rotatable bonds is 4. The Morgan fingerprint density at radius 1 is 1.58 bits per heavy atom. The van der Waals surface area contributed by atoms with Gasteiger partial charge in [-0.1, -0.05) is 0 Å². The standard InChI is InChI=1S/C14H21N3O2/c1-9(2)19-14-5-10(3)12(7-15-14)13-6-11(8-18)16-17(13)4/h5,7-9,11,13,16H,6H2,1-4H3. The summed E-state index contributed by atoms with van der Waals surface area (Å²) in [5, 5.41) is 1.98. The molecule has 0 aromatic carbocycles. The van der Waals surface area contributed by atoms with Crippen LogP contribution in [-0.4, -0.2) is 35.5 Å². The Balaban J connectivity index is 2.19. The molecule has 5 heteroatoms. The van der Waals surface area contributed by atoms with Gasteiger partial charge in [-0.25, -0.2) is 15.4 Å². The number of pyridine rings is 1. The summed E-state index contributed by atoms with van der Waals surface area (Å²) in [5.41, 5.74) is 5.40. The van der Waals surface area contributed by atoms with Crippen LogP contribution in [0.3, 0.4) is 0 Å². The number of ether oxygens (including phenoxy) is 1. The van der Waals surface area contributed by atoms with Crippen LogP contribution >= 0.6 is 0 Å². The summed E-state index contributed by atoms with van der Waals surface area (Å²) in [5.74, 6) is 0.650. The number of hydrazine groups is 1. The molecule has 2 rings (SSSR count). The lowest BCUT2D eigenvalue weighted by Crippen LogP contribution is -2.33. The molecule has 1 N–H and O–H groups in total. The molecule has 19 heavy (non-hydrogen) atoms. The van der Waals surface area contributed by atoms with Crippen molar-refractivity contribution in [1.29, 1.82) is 0 Å². The second kappa shape index (κ2) is 5.67. The van der Waals surface area contributed by atoms with E-state index in [2.05, 4.69) is 10.4 Å². The molecule has 1 aliphatic heterocycles. The van der Waals surface area contributed by atoms with E-state index in [1.54, 1.807) is 0 Å². The van der Waals surface area contributed by atoms with Crippen molar-refractivity contribution in [2.45, 2.75) is 45.4 Å². The maximum atomic E-state index is 10.9. The van der Waals surface area contributed by atoms with Crippen molar-refractivity contribution in [3.63, 3.8) is 0 Å². The lowest BCUT2D eigenvalue weighted by molar-refractivity contribution is -0.109. The molecule has 2 unspecified atom stereocenters. The number of carbonyl (C=O) groups excluding carboxylic acids is 1. The fourth-order valence-corrected chi connectivity index (χ4v) is 2.42. The maximum Gasteiger partial charge on any atom is 0.213 e. The molecule has 0 radical (unpaired) electrons. The molecule has 0 amide bonds. The normalized spacial score (nSPS) is 23.8. The highest BCUT2D eigenvalue weighted by molar-refractivity contribution is 5.58. The third-order valence-electron chi connectivity index (χ3n) is 3.32. The van der Waals surface area contributed by atoms with Gasteiger partial charge in [0.25, 0.3) is 0 Å². The second-order valence-corrected chi connectivity index (χ2v) is 5.28. The number of hydrogen-bond donors (Lipinski definition) is 1. The van der Waals surface area contributed by atoms with E-state index in [0.717, 1.165) is 23.8 Å². The van der Waals surface area contributed by atoms with E-state index >= 15 is 0 Å². The number of aryl methyl sites for hydroxylation is 1. The highest BCUT2D eigenvalue weighted by Gasteiger charge is 2.31. The molecule has 5 nitrogen and oxygen atoms in total. The van der Waals surface area contributed by atoms with E-state index < -0.39 is 0 Å². The van der Waals surface area contributed by atoms with Gasteiger partial charge in [0.1, 0.15) is 6.29 Å². The van der Waals surface area contributed by atoms with Crippen LogP contribution in [0.5, 0.6) is 5.88 Å². The van der Waals surface area contributed by atoms with Gasteiger partial charge in [-0.05, 0) is 38.3 Å². The van der Waals surface area contributed by atoms with Crippen LogP contribution in [0, 0.1) is 6.92 Å². The number of carbonyl (C=O) groups is 1. The van der Waals surface area contributed by atoms with Crippen LogP contribution in [-0.2, 0) is 4.79 Å². The second-order valence-electron chi connectivity index (χ2n) is 5.28. The fourth-order valence-electron chi connectivity index (χ4n) is 2.42. The van der Waals surface area contributed by atoms with E-state index in [1.807, 2.05) is 45.1 Å². The van der Waals surface area contributed by atoms with E-state index in [0.29, 0.717) is 5.88 Å². The number of aromatic nitrogens is 1. The molecule has 2 heterocycles. The fraction of sp³-hybridized carbons (Fsp3) is 0.571. The third kappa shape index (κ3) is 3.11. The van der Waals surface area contributed by atoms with Crippen LogP contribution in [0.1, 0.15) is 37.4 Å². The van der Waals surface area contributed by atoms with E-state index in [-0.39, 0.29) is 18.2 Å². The van der Waals surface area contributed by atoms with Crippen LogP contribution in [0.15, 0.2) is 12.3 Å². The van der Waals surface area contributed by atoms with Gasteiger partial charge in [0.15, 0.2) is 0 Å². The Bertz CT molecular complexity index is 462. The monoisotopic (exact) mass is 263 g/mol. The molecular formula is C14H21N3O2. The maximum absolute atomic E-state index is 10.9. The van der Waals surface area contributed by atoms with Gasteiger partial charge in [0.2, 0.25) is 5.88 Å². The summed E-state index contributed by atoms with van der Waals surface area (Å²) in [6.07, 6.45) is 3.69. The van der Waals surface area contributed by atoms with Crippen LogP contribution in [0.2, 0.25) is 0 Å². The number of nitrogens with zero attached hydrogens (tertiary/aromatic N) is 2. The third-order valence-corrected chi connectivity index (χ3v) is 3.32. The molecule has 1 saturated heterocycles. The predicted octanol–water partition coefficient (Wildman–Crippen LogP) is 1.63. The highest BCUT2D eigenvalue weighted by atomic mass is 16.5. The molecule has 0 aliphatic carbocycles. The summed E-state index contributed by atoms with van der Waals surface area (Å²) < 4.78 is 5.59. The summed E-state index contributed by atoms with van der Waals surface area (Å²) >= 11 is 0. The van der Waals surface area contributed by atoms with Crippen molar-refractivity contribution in [3.05, 3.63) is 23.4 Å². The zero-order chi connectivity index (χ0) is 14.0. The quantitative estimate of drug-likeness (QED) is 0.837.